The molecule has 33 heavy (non-hydrogen) atoms. The largest absolute Gasteiger partial charge is 0.497 e. The molecule has 2 amide bonds. The molecule has 1 unspecified atom stereocenters. The number of hydrazone groups is 1. The highest BCUT2D eigenvalue weighted by Crippen LogP contribution is 2.36. The Kier molecular flexibility index (Phi) is 7.89. The molecule has 176 valence electrons. The number of hydrogen-bond donors (Lipinski definition) is 0. The van der Waals surface area contributed by atoms with Crippen LogP contribution in [0, 0.1) is 0 Å². The van der Waals surface area contributed by atoms with Gasteiger partial charge in [0.2, 0.25) is 5.91 Å². The Morgan fingerprint density at radius 2 is 1.67 bits per heavy atom. The summed E-state index contributed by atoms with van der Waals surface area (Å²) in [6.45, 7) is -0.214. The minimum atomic E-state index is -0.337. The zero-order valence-corrected chi connectivity index (χ0v) is 19.5. The smallest absolute Gasteiger partial charge is 0.262 e. The zero-order chi connectivity index (χ0) is 24.0. The maximum Gasteiger partial charge on any atom is 0.262 e. The lowest BCUT2D eigenvalue weighted by atomic mass is 9.97. The Bertz CT molecular complexity index is 1020. The predicted octanol–water partition coefficient (Wildman–Crippen LogP) is 2.49. The van der Waals surface area contributed by atoms with E-state index in [1.807, 2.05) is 36.4 Å². The zero-order valence-electron chi connectivity index (χ0n) is 19.5. The van der Waals surface area contributed by atoms with Gasteiger partial charge in [0, 0.05) is 32.2 Å². The van der Waals surface area contributed by atoms with Gasteiger partial charge < -0.3 is 23.8 Å². The molecule has 2 aromatic carbocycles. The Morgan fingerprint density at radius 3 is 2.27 bits per heavy atom. The van der Waals surface area contributed by atoms with Gasteiger partial charge in [0.1, 0.15) is 30.4 Å². The number of hydrogen-bond acceptors (Lipinski definition) is 7. The van der Waals surface area contributed by atoms with E-state index in [-0.39, 0.29) is 31.0 Å². The number of likely N-dealkylation sites (N-methyl/N-ethyl adjacent to an activating group) is 1. The first kappa shape index (κ1) is 24.1. The van der Waals surface area contributed by atoms with E-state index in [1.165, 1.54) is 17.0 Å². The average Bonchev–Trinajstić information content (AvgIpc) is 3.29. The van der Waals surface area contributed by atoms with Crippen LogP contribution in [0.4, 0.5) is 0 Å². The van der Waals surface area contributed by atoms with Crippen molar-refractivity contribution in [3.05, 3.63) is 53.6 Å². The number of nitrogens with zero attached hydrogens (tertiary/aromatic N) is 3. The second-order valence-corrected chi connectivity index (χ2v) is 7.53. The van der Waals surface area contributed by atoms with Crippen LogP contribution in [-0.2, 0) is 14.3 Å². The van der Waals surface area contributed by atoms with Gasteiger partial charge in [0.15, 0.2) is 0 Å². The molecule has 0 spiro atoms. The lowest BCUT2D eigenvalue weighted by Gasteiger charge is -2.25. The quantitative estimate of drug-likeness (QED) is 0.577. The normalized spacial score (nSPS) is 15.1. The van der Waals surface area contributed by atoms with E-state index in [0.29, 0.717) is 23.6 Å². The molecule has 1 atom stereocenters. The lowest BCUT2D eigenvalue weighted by molar-refractivity contribution is -0.142. The van der Waals surface area contributed by atoms with Crippen molar-refractivity contribution in [2.45, 2.75) is 12.5 Å². The third-order valence-corrected chi connectivity index (χ3v) is 5.45. The summed E-state index contributed by atoms with van der Waals surface area (Å²) >= 11 is 0. The minimum absolute atomic E-state index is 0.0940. The van der Waals surface area contributed by atoms with Crippen LogP contribution < -0.4 is 14.2 Å². The monoisotopic (exact) mass is 455 g/mol. The van der Waals surface area contributed by atoms with Crippen LogP contribution in [0.1, 0.15) is 23.6 Å². The van der Waals surface area contributed by atoms with Crippen LogP contribution in [0.25, 0.3) is 0 Å². The summed E-state index contributed by atoms with van der Waals surface area (Å²) in [6.07, 6.45) is 0.483. The molecule has 1 aliphatic rings. The van der Waals surface area contributed by atoms with Crippen LogP contribution >= 0.6 is 0 Å². The third-order valence-electron chi connectivity index (χ3n) is 5.45. The highest BCUT2D eigenvalue weighted by atomic mass is 16.5. The second-order valence-electron chi connectivity index (χ2n) is 7.53. The first-order chi connectivity index (χ1) is 15.9. The van der Waals surface area contributed by atoms with Gasteiger partial charge >= 0.3 is 0 Å². The average molecular weight is 456 g/mol. The molecule has 3 rings (SSSR count). The summed E-state index contributed by atoms with van der Waals surface area (Å²) in [7, 11) is 7.77. The highest BCUT2D eigenvalue weighted by Gasteiger charge is 2.34. The molecule has 2 aromatic rings. The Labute approximate surface area is 193 Å². The van der Waals surface area contributed by atoms with E-state index in [0.717, 1.165) is 16.9 Å². The van der Waals surface area contributed by atoms with Gasteiger partial charge in [0.25, 0.3) is 5.91 Å². The molecular formula is C24H29N3O6. The van der Waals surface area contributed by atoms with Crippen molar-refractivity contribution in [3.63, 3.8) is 0 Å². The van der Waals surface area contributed by atoms with Crippen molar-refractivity contribution in [2.24, 2.45) is 5.10 Å². The van der Waals surface area contributed by atoms with Gasteiger partial charge in [-0.3, -0.25) is 9.59 Å². The van der Waals surface area contributed by atoms with Gasteiger partial charge in [-0.1, -0.05) is 12.1 Å². The van der Waals surface area contributed by atoms with Crippen LogP contribution in [0.3, 0.4) is 0 Å². The van der Waals surface area contributed by atoms with Crippen LogP contribution in [0.15, 0.2) is 47.6 Å². The van der Waals surface area contributed by atoms with Gasteiger partial charge in [0.05, 0.1) is 33.1 Å². The van der Waals surface area contributed by atoms with Crippen LogP contribution in [0.5, 0.6) is 17.2 Å². The minimum Gasteiger partial charge on any atom is -0.497 e. The molecule has 0 N–H and O–H groups in total. The number of amides is 2. The van der Waals surface area contributed by atoms with E-state index in [4.69, 9.17) is 18.9 Å². The second kappa shape index (κ2) is 10.8. The summed E-state index contributed by atoms with van der Waals surface area (Å²) in [5.74, 6) is 1.39. The van der Waals surface area contributed by atoms with Gasteiger partial charge in [-0.05, 0) is 29.8 Å². The van der Waals surface area contributed by atoms with E-state index in [9.17, 15) is 9.59 Å². The van der Waals surface area contributed by atoms with E-state index in [1.54, 1.807) is 34.4 Å². The van der Waals surface area contributed by atoms with Crippen LogP contribution in [0.2, 0.25) is 0 Å². The fourth-order valence-corrected chi connectivity index (χ4v) is 3.62. The summed E-state index contributed by atoms with van der Waals surface area (Å²) in [4.78, 5) is 26.6. The summed E-state index contributed by atoms with van der Waals surface area (Å²) in [6, 6.07) is 12.6. The SMILES string of the molecule is COCC(=O)N(C)CC(=O)N1N=C(c2ccc(OC)cc2OC)CC1c1ccc(OC)cc1. The summed E-state index contributed by atoms with van der Waals surface area (Å²) in [5.41, 5.74) is 2.38. The Hall–Kier alpha value is -3.59. The van der Waals surface area contributed by atoms with Crippen molar-refractivity contribution in [1.29, 1.82) is 0 Å². The van der Waals surface area contributed by atoms with Crippen molar-refractivity contribution < 1.29 is 28.5 Å². The number of ether oxygens (including phenoxy) is 4. The maximum atomic E-state index is 13.2. The van der Waals surface area contributed by atoms with E-state index >= 15 is 0 Å². The third kappa shape index (κ3) is 5.43. The molecule has 9 nitrogen and oxygen atoms in total. The summed E-state index contributed by atoms with van der Waals surface area (Å²) < 4.78 is 21.0. The van der Waals surface area contributed by atoms with Crippen molar-refractivity contribution >= 4 is 17.5 Å². The standard InChI is InChI=1S/C24H29N3O6/c1-26(24(29)15-30-2)14-23(28)27-21(16-6-8-17(31-3)9-7-16)13-20(25-27)19-11-10-18(32-4)12-22(19)33-5/h6-12,21H,13-15H2,1-5H3. The molecule has 1 heterocycles. The number of methoxy groups -OCH3 is 4. The molecule has 0 saturated carbocycles. The van der Waals surface area contributed by atoms with Gasteiger partial charge in [-0.15, -0.1) is 0 Å². The molecule has 0 aromatic heterocycles. The van der Waals surface area contributed by atoms with Crippen LogP contribution in [-0.4, -0.2) is 76.1 Å². The molecule has 0 saturated heterocycles. The van der Waals surface area contributed by atoms with Crippen molar-refractivity contribution in [2.75, 3.05) is 48.6 Å². The number of rotatable bonds is 9. The maximum absolute atomic E-state index is 13.2. The number of benzene rings is 2. The van der Waals surface area contributed by atoms with Crippen molar-refractivity contribution in [3.8, 4) is 17.2 Å². The first-order valence-corrected chi connectivity index (χ1v) is 10.4. The molecule has 0 radical (unpaired) electrons. The number of carbonyl (C=O) groups is 2. The van der Waals surface area contributed by atoms with Gasteiger partial charge in [-0.25, -0.2) is 5.01 Å². The molecule has 9 heteroatoms. The van der Waals surface area contributed by atoms with Crippen molar-refractivity contribution in [1.82, 2.24) is 9.91 Å². The lowest BCUT2D eigenvalue weighted by Crippen LogP contribution is -2.40. The molecule has 1 aliphatic heterocycles. The molecular weight excluding hydrogens is 426 g/mol. The topological polar surface area (TPSA) is 89.9 Å². The highest BCUT2D eigenvalue weighted by molar-refractivity contribution is 6.05. The fourth-order valence-electron chi connectivity index (χ4n) is 3.62. The molecule has 0 aliphatic carbocycles. The Morgan fingerprint density at radius 1 is 1.00 bits per heavy atom. The molecule has 0 bridgehead atoms. The van der Waals surface area contributed by atoms with E-state index in [2.05, 4.69) is 5.10 Å². The molecule has 0 fully saturated rings. The first-order valence-electron chi connectivity index (χ1n) is 10.4. The Balaban J connectivity index is 1.94. The predicted molar refractivity (Wildman–Crippen MR) is 123 cm³/mol. The number of carbonyl (C=O) groups excluding carboxylic acids is 2. The fraction of sp³-hybridized carbons (Fsp3) is 0.375. The van der Waals surface area contributed by atoms with Gasteiger partial charge in [-0.2, -0.15) is 5.10 Å². The van der Waals surface area contributed by atoms with E-state index < -0.39 is 0 Å². The summed E-state index contributed by atoms with van der Waals surface area (Å²) in [5, 5.41) is 6.10.